The lowest BCUT2D eigenvalue weighted by Gasteiger charge is -2.47. The van der Waals surface area contributed by atoms with E-state index >= 15 is 0 Å². The topological polar surface area (TPSA) is 64.8 Å². The van der Waals surface area contributed by atoms with Crippen LogP contribution in [0.15, 0.2) is 48.5 Å². The molecule has 2 aromatic carbocycles. The summed E-state index contributed by atoms with van der Waals surface area (Å²) in [6.45, 7) is 2.20. The highest BCUT2D eigenvalue weighted by Crippen LogP contribution is 2.44. The van der Waals surface area contributed by atoms with Crippen LogP contribution in [-0.4, -0.2) is 49.4 Å². The molecule has 2 unspecified atom stereocenters. The van der Waals surface area contributed by atoms with E-state index in [2.05, 4.69) is 48.5 Å². The van der Waals surface area contributed by atoms with Gasteiger partial charge in [-0.05, 0) is 47.6 Å². The van der Waals surface area contributed by atoms with Crippen LogP contribution in [0.1, 0.15) is 29.9 Å². The highest BCUT2D eigenvalue weighted by atomic mass is 16.6. The highest BCUT2D eigenvalue weighted by Gasteiger charge is 2.42. The minimum atomic E-state index is -0.212. The molecule has 2 saturated heterocycles. The van der Waals surface area contributed by atoms with E-state index in [0.717, 1.165) is 12.8 Å². The van der Waals surface area contributed by atoms with Gasteiger partial charge in [-0.25, -0.2) is 4.79 Å². The molecule has 5 nitrogen and oxygen atoms in total. The first-order chi connectivity index (χ1) is 13.8. The van der Waals surface area contributed by atoms with Crippen molar-refractivity contribution in [3.63, 3.8) is 0 Å². The van der Waals surface area contributed by atoms with Crippen LogP contribution in [0.25, 0.3) is 11.1 Å². The van der Waals surface area contributed by atoms with E-state index in [4.69, 9.17) is 15.2 Å². The number of carbonyl (C=O) groups is 1. The molecule has 1 amide bonds. The Morgan fingerprint density at radius 2 is 1.57 bits per heavy atom. The molecule has 0 spiro atoms. The van der Waals surface area contributed by atoms with Gasteiger partial charge in [0.25, 0.3) is 0 Å². The lowest BCUT2D eigenvalue weighted by atomic mass is 9.85. The fourth-order valence-corrected chi connectivity index (χ4v) is 5.19. The minimum absolute atomic E-state index is 0.0803. The van der Waals surface area contributed by atoms with Gasteiger partial charge in [-0.2, -0.15) is 0 Å². The SMILES string of the molecule is NCC1CC2COCC(C1)N2C(=O)OCC1c2ccccc2-c2ccccc21. The Bertz CT molecular complexity index is 824. The molecule has 146 valence electrons. The fourth-order valence-electron chi connectivity index (χ4n) is 5.19. The molecule has 2 N–H and O–H groups in total. The first-order valence-corrected chi connectivity index (χ1v) is 10.2. The first-order valence-electron chi connectivity index (χ1n) is 10.2. The molecule has 0 radical (unpaired) electrons. The van der Waals surface area contributed by atoms with Crippen LogP contribution < -0.4 is 5.73 Å². The number of benzene rings is 2. The maximum absolute atomic E-state index is 13.0. The number of fused-ring (bicyclic) bond motifs is 5. The van der Waals surface area contributed by atoms with Crippen LogP contribution in [0.5, 0.6) is 0 Å². The summed E-state index contributed by atoms with van der Waals surface area (Å²) >= 11 is 0. The third kappa shape index (κ3) is 2.90. The summed E-state index contributed by atoms with van der Waals surface area (Å²) in [4.78, 5) is 14.9. The zero-order chi connectivity index (χ0) is 19.1. The van der Waals surface area contributed by atoms with E-state index in [1.807, 2.05) is 4.90 Å². The zero-order valence-corrected chi connectivity index (χ0v) is 15.9. The molecule has 2 bridgehead atoms. The van der Waals surface area contributed by atoms with Gasteiger partial charge in [-0.15, -0.1) is 0 Å². The molecule has 2 heterocycles. The predicted octanol–water partition coefficient (Wildman–Crippen LogP) is 3.37. The van der Waals surface area contributed by atoms with Crippen LogP contribution in [0.3, 0.4) is 0 Å². The van der Waals surface area contributed by atoms with Gasteiger partial charge in [0.05, 0.1) is 25.3 Å². The third-order valence-corrected chi connectivity index (χ3v) is 6.50. The first kappa shape index (κ1) is 17.7. The van der Waals surface area contributed by atoms with Gasteiger partial charge in [0.15, 0.2) is 0 Å². The maximum Gasteiger partial charge on any atom is 0.410 e. The number of hydrogen-bond acceptors (Lipinski definition) is 4. The van der Waals surface area contributed by atoms with E-state index in [-0.39, 0.29) is 24.1 Å². The van der Waals surface area contributed by atoms with Gasteiger partial charge in [0.1, 0.15) is 6.61 Å². The second-order valence-electron chi connectivity index (χ2n) is 8.13. The van der Waals surface area contributed by atoms with Crippen molar-refractivity contribution >= 4 is 6.09 Å². The van der Waals surface area contributed by atoms with Crippen LogP contribution in [-0.2, 0) is 9.47 Å². The van der Waals surface area contributed by atoms with Gasteiger partial charge < -0.3 is 15.2 Å². The summed E-state index contributed by atoms with van der Waals surface area (Å²) in [7, 11) is 0. The quantitative estimate of drug-likeness (QED) is 0.889. The number of nitrogens with zero attached hydrogens (tertiary/aromatic N) is 1. The maximum atomic E-state index is 13.0. The smallest absolute Gasteiger partial charge is 0.410 e. The van der Waals surface area contributed by atoms with E-state index in [9.17, 15) is 4.79 Å². The Morgan fingerprint density at radius 1 is 1.00 bits per heavy atom. The van der Waals surface area contributed by atoms with Crippen LogP contribution in [0.2, 0.25) is 0 Å². The van der Waals surface area contributed by atoms with Crippen molar-refractivity contribution in [2.45, 2.75) is 30.8 Å². The van der Waals surface area contributed by atoms with Gasteiger partial charge in [-0.1, -0.05) is 48.5 Å². The Morgan fingerprint density at radius 3 is 2.14 bits per heavy atom. The number of ether oxygens (including phenoxy) is 2. The molecule has 1 aliphatic carbocycles. The number of rotatable bonds is 3. The fraction of sp³-hybridized carbons (Fsp3) is 0.435. The molecular formula is C23H26N2O3. The third-order valence-electron chi connectivity index (χ3n) is 6.50. The average molecular weight is 378 g/mol. The number of amides is 1. The van der Waals surface area contributed by atoms with Crippen LogP contribution in [0.4, 0.5) is 4.79 Å². The van der Waals surface area contributed by atoms with Crippen molar-refractivity contribution in [3.8, 4) is 11.1 Å². The van der Waals surface area contributed by atoms with Gasteiger partial charge in [-0.3, -0.25) is 4.90 Å². The van der Waals surface area contributed by atoms with E-state index in [1.165, 1.54) is 22.3 Å². The van der Waals surface area contributed by atoms with Crippen LogP contribution in [0, 0.1) is 5.92 Å². The second kappa shape index (κ2) is 7.22. The summed E-state index contributed by atoms with van der Waals surface area (Å²) in [5.74, 6) is 0.561. The average Bonchev–Trinajstić information content (AvgIpc) is 3.05. The molecule has 2 fully saturated rings. The van der Waals surface area contributed by atoms with E-state index in [0.29, 0.717) is 32.3 Å². The molecular weight excluding hydrogens is 352 g/mol. The largest absolute Gasteiger partial charge is 0.448 e. The molecule has 0 aromatic heterocycles. The number of hydrogen-bond donors (Lipinski definition) is 1. The monoisotopic (exact) mass is 378 g/mol. The number of morpholine rings is 1. The molecule has 2 aromatic rings. The predicted molar refractivity (Wildman–Crippen MR) is 107 cm³/mol. The zero-order valence-electron chi connectivity index (χ0n) is 15.9. The summed E-state index contributed by atoms with van der Waals surface area (Å²) in [5.41, 5.74) is 10.8. The van der Waals surface area contributed by atoms with Crippen molar-refractivity contribution in [3.05, 3.63) is 59.7 Å². The number of carbonyl (C=O) groups excluding carboxylic acids is 1. The summed E-state index contributed by atoms with van der Waals surface area (Å²) < 4.78 is 11.6. The summed E-state index contributed by atoms with van der Waals surface area (Å²) in [6, 6.07) is 17.0. The second-order valence-corrected chi connectivity index (χ2v) is 8.13. The Hall–Kier alpha value is -2.37. The normalized spacial score (nSPS) is 25.9. The van der Waals surface area contributed by atoms with Crippen molar-refractivity contribution in [1.29, 1.82) is 0 Å². The molecule has 5 heteroatoms. The summed E-state index contributed by atoms with van der Waals surface area (Å²) in [5, 5.41) is 0. The molecule has 3 aliphatic rings. The van der Waals surface area contributed by atoms with Crippen LogP contribution >= 0.6 is 0 Å². The number of piperidine rings is 1. The lowest BCUT2D eigenvalue weighted by Crippen LogP contribution is -2.59. The van der Waals surface area contributed by atoms with Gasteiger partial charge >= 0.3 is 6.09 Å². The molecule has 28 heavy (non-hydrogen) atoms. The van der Waals surface area contributed by atoms with E-state index in [1.54, 1.807) is 0 Å². The van der Waals surface area contributed by atoms with Crippen molar-refractivity contribution in [2.24, 2.45) is 11.7 Å². The minimum Gasteiger partial charge on any atom is -0.448 e. The van der Waals surface area contributed by atoms with Gasteiger partial charge in [0, 0.05) is 5.92 Å². The standard InChI is InChI=1S/C23H26N2O3/c24-11-15-9-16-12-27-13-17(10-15)25(16)23(26)28-14-22-20-7-3-1-5-18(20)19-6-2-4-8-21(19)22/h1-8,15-17,22H,9-14,24H2. The molecule has 2 atom stereocenters. The van der Waals surface area contributed by atoms with E-state index < -0.39 is 0 Å². The molecule has 2 aliphatic heterocycles. The molecule has 5 rings (SSSR count). The van der Waals surface area contributed by atoms with Gasteiger partial charge in [0.2, 0.25) is 0 Å². The lowest BCUT2D eigenvalue weighted by molar-refractivity contribution is -0.0776. The Balaban J connectivity index is 1.33. The Labute approximate surface area is 165 Å². The Kier molecular flexibility index (Phi) is 4.57. The summed E-state index contributed by atoms with van der Waals surface area (Å²) in [6.07, 6.45) is 1.59. The van der Waals surface area contributed by atoms with Crippen molar-refractivity contribution in [2.75, 3.05) is 26.4 Å². The highest BCUT2D eigenvalue weighted by molar-refractivity contribution is 5.79. The van der Waals surface area contributed by atoms with Crippen molar-refractivity contribution in [1.82, 2.24) is 4.90 Å². The molecule has 0 saturated carbocycles. The van der Waals surface area contributed by atoms with Crippen molar-refractivity contribution < 1.29 is 14.3 Å². The number of nitrogens with two attached hydrogens (primary N) is 1.